The lowest BCUT2D eigenvalue weighted by Gasteiger charge is -1.97. The van der Waals surface area contributed by atoms with Gasteiger partial charge in [-0.1, -0.05) is 39.8 Å². The van der Waals surface area contributed by atoms with E-state index in [1.54, 1.807) is 6.08 Å². The van der Waals surface area contributed by atoms with Crippen LogP contribution in [0.1, 0.15) is 10.8 Å². The van der Waals surface area contributed by atoms with Crippen molar-refractivity contribution in [1.29, 1.82) is 5.26 Å². The average molecular weight is 439 g/mol. The number of aromatic nitrogens is 1. The minimum atomic E-state index is 0.501. The number of allylic oxidation sites excluding steroid dienone is 1. The Hall–Kier alpha value is -2.33. The van der Waals surface area contributed by atoms with Crippen LogP contribution in [0.4, 0.5) is 0 Å². The van der Waals surface area contributed by atoms with Crippen LogP contribution in [0.5, 0.6) is 0 Å². The molecule has 4 rings (SSSR count). The maximum atomic E-state index is 9.53. The second-order valence-electron chi connectivity index (χ2n) is 5.37. The predicted octanol–water partition coefficient (Wildman–Crippen LogP) is 6.87. The molecule has 2 aromatic carbocycles. The minimum Gasteiger partial charge on any atom is -0.450 e. The quantitative estimate of drug-likeness (QED) is 0.326. The Morgan fingerprint density at radius 2 is 1.92 bits per heavy atom. The number of rotatable bonds is 4. The molecule has 0 atom stereocenters. The van der Waals surface area contributed by atoms with Gasteiger partial charge in [0, 0.05) is 15.4 Å². The van der Waals surface area contributed by atoms with Gasteiger partial charge >= 0.3 is 0 Å². The van der Waals surface area contributed by atoms with Crippen LogP contribution in [0.2, 0.25) is 0 Å². The van der Waals surface area contributed by atoms with Gasteiger partial charge in [0.15, 0.2) is 5.09 Å². The third kappa shape index (κ3) is 3.75. The molecule has 0 N–H and O–H groups in total. The highest BCUT2D eigenvalue weighted by Gasteiger charge is 2.10. The van der Waals surface area contributed by atoms with Gasteiger partial charge in [0.25, 0.3) is 0 Å². The monoisotopic (exact) mass is 438 g/mol. The van der Waals surface area contributed by atoms with E-state index in [9.17, 15) is 5.26 Å². The number of furan rings is 1. The van der Waals surface area contributed by atoms with Gasteiger partial charge in [0.1, 0.15) is 16.8 Å². The molecule has 2 heterocycles. The topological polar surface area (TPSA) is 49.8 Å². The van der Waals surface area contributed by atoms with Crippen LogP contribution in [0, 0.1) is 11.3 Å². The van der Waals surface area contributed by atoms with Crippen LogP contribution in [-0.2, 0) is 0 Å². The van der Waals surface area contributed by atoms with Gasteiger partial charge in [-0.3, -0.25) is 0 Å². The Bertz CT molecular complexity index is 1100. The highest BCUT2D eigenvalue weighted by Crippen LogP contribution is 2.32. The second-order valence-corrected chi connectivity index (χ2v) is 8.39. The van der Waals surface area contributed by atoms with Gasteiger partial charge in [-0.2, -0.15) is 5.26 Å². The summed E-state index contributed by atoms with van der Waals surface area (Å²) in [6.45, 7) is 0. The van der Waals surface area contributed by atoms with Crippen molar-refractivity contribution >= 4 is 60.9 Å². The third-order valence-corrected chi connectivity index (χ3v) is 6.09. The third-order valence-electron chi connectivity index (χ3n) is 3.57. The van der Waals surface area contributed by atoms with Gasteiger partial charge in [0.2, 0.25) is 0 Å². The van der Waals surface area contributed by atoms with Crippen LogP contribution in [0.25, 0.3) is 21.9 Å². The van der Waals surface area contributed by atoms with E-state index >= 15 is 0 Å². The zero-order chi connectivity index (χ0) is 17.9. The molecule has 26 heavy (non-hydrogen) atoms. The van der Waals surface area contributed by atoms with Crippen LogP contribution < -0.4 is 0 Å². The fraction of sp³-hybridized carbons (Fsp3) is 0. The number of benzene rings is 2. The zero-order valence-electron chi connectivity index (χ0n) is 13.3. The first-order chi connectivity index (χ1) is 12.7. The Balaban J connectivity index is 1.59. The molecule has 0 amide bonds. The Morgan fingerprint density at radius 1 is 1.12 bits per heavy atom. The lowest BCUT2D eigenvalue weighted by Crippen LogP contribution is -1.79. The predicted molar refractivity (Wildman–Crippen MR) is 110 cm³/mol. The molecular formula is C20H11BrN2OS2. The molecule has 0 aliphatic carbocycles. The lowest BCUT2D eigenvalue weighted by atomic mass is 10.2. The van der Waals surface area contributed by atoms with Gasteiger partial charge in [-0.05, 0) is 48.5 Å². The van der Waals surface area contributed by atoms with Gasteiger partial charge in [-0.25, -0.2) is 4.98 Å². The van der Waals surface area contributed by atoms with E-state index in [1.807, 2.05) is 60.7 Å². The van der Waals surface area contributed by atoms with Crippen molar-refractivity contribution in [2.75, 3.05) is 0 Å². The van der Waals surface area contributed by atoms with Gasteiger partial charge < -0.3 is 4.42 Å². The summed E-state index contributed by atoms with van der Waals surface area (Å²) in [5.74, 6) is 0.639. The first kappa shape index (κ1) is 17.1. The smallest absolute Gasteiger partial charge is 0.165 e. The van der Waals surface area contributed by atoms with E-state index in [4.69, 9.17) is 4.42 Å². The van der Waals surface area contributed by atoms with Crippen molar-refractivity contribution in [3.8, 4) is 6.07 Å². The maximum absolute atomic E-state index is 9.53. The number of thiazole rings is 1. The van der Waals surface area contributed by atoms with Crippen molar-refractivity contribution in [3.63, 3.8) is 0 Å². The molecule has 4 aromatic rings. The Kier molecular flexibility index (Phi) is 4.93. The maximum Gasteiger partial charge on any atom is 0.165 e. The van der Waals surface area contributed by atoms with Crippen LogP contribution in [0.3, 0.4) is 0 Å². The molecule has 2 aromatic heterocycles. The van der Waals surface area contributed by atoms with E-state index in [1.165, 1.54) is 23.1 Å². The summed E-state index contributed by atoms with van der Waals surface area (Å²) in [5.41, 5.74) is 1.40. The molecular weight excluding hydrogens is 428 g/mol. The molecule has 6 heteroatoms. The summed E-state index contributed by atoms with van der Waals surface area (Å²) in [6.07, 6.45) is 1.74. The summed E-state index contributed by atoms with van der Waals surface area (Å²) >= 11 is 6.47. The largest absolute Gasteiger partial charge is 0.450 e. The molecule has 0 radical (unpaired) electrons. The number of fused-ring (bicyclic) bond motifs is 1. The molecule has 0 aliphatic rings. The number of hydrogen-bond acceptors (Lipinski definition) is 5. The molecule has 126 valence electrons. The Labute approximate surface area is 167 Å². The normalized spacial score (nSPS) is 11.6. The van der Waals surface area contributed by atoms with Crippen molar-refractivity contribution in [3.05, 3.63) is 75.9 Å². The summed E-state index contributed by atoms with van der Waals surface area (Å²) in [5, 5.41) is 11.0. The van der Waals surface area contributed by atoms with E-state index < -0.39 is 0 Å². The second kappa shape index (κ2) is 7.50. The van der Waals surface area contributed by atoms with Crippen LogP contribution in [0.15, 0.2) is 79.5 Å². The van der Waals surface area contributed by atoms with Crippen molar-refractivity contribution in [2.24, 2.45) is 0 Å². The number of hydrogen-bond donors (Lipinski definition) is 0. The van der Waals surface area contributed by atoms with Crippen molar-refractivity contribution < 1.29 is 4.42 Å². The first-order valence-corrected chi connectivity index (χ1v) is 10.1. The summed E-state index contributed by atoms with van der Waals surface area (Å²) < 4.78 is 7.95. The highest BCUT2D eigenvalue weighted by molar-refractivity contribution is 9.10. The number of nitriles is 1. The number of halogens is 1. The summed E-state index contributed by atoms with van der Waals surface area (Å²) in [6, 6.07) is 21.9. The summed E-state index contributed by atoms with van der Waals surface area (Å²) in [4.78, 5) is 5.63. The van der Waals surface area contributed by atoms with E-state index in [2.05, 4.69) is 27.0 Å². The first-order valence-electron chi connectivity index (χ1n) is 7.72. The van der Waals surface area contributed by atoms with Crippen LogP contribution >= 0.6 is 39.0 Å². The molecule has 0 spiro atoms. The SMILES string of the molecule is N#C/C(=C\c1ccc(Sc2ccc(Br)cc2)o1)c1nc2ccccc2s1. The van der Waals surface area contributed by atoms with Gasteiger partial charge in [0.05, 0.1) is 15.8 Å². The number of nitrogens with zero attached hydrogens (tertiary/aromatic N) is 2. The minimum absolute atomic E-state index is 0.501. The fourth-order valence-electron chi connectivity index (χ4n) is 2.36. The molecule has 0 fully saturated rings. The molecule has 0 saturated heterocycles. The molecule has 0 saturated carbocycles. The van der Waals surface area contributed by atoms with Gasteiger partial charge in [-0.15, -0.1) is 11.3 Å². The van der Waals surface area contributed by atoms with Crippen LogP contribution in [-0.4, -0.2) is 4.98 Å². The molecule has 3 nitrogen and oxygen atoms in total. The zero-order valence-corrected chi connectivity index (χ0v) is 16.6. The van der Waals surface area contributed by atoms with Crippen molar-refractivity contribution in [1.82, 2.24) is 4.98 Å². The summed E-state index contributed by atoms with van der Waals surface area (Å²) in [7, 11) is 0. The molecule has 0 bridgehead atoms. The number of para-hydroxylation sites is 1. The van der Waals surface area contributed by atoms with E-state index in [0.29, 0.717) is 16.3 Å². The Morgan fingerprint density at radius 3 is 2.69 bits per heavy atom. The lowest BCUT2D eigenvalue weighted by molar-refractivity contribution is 0.466. The van der Waals surface area contributed by atoms with E-state index in [-0.39, 0.29) is 0 Å². The standard InChI is InChI=1S/C20H11BrN2OS2/c21-14-5-8-16(9-6-14)25-19-10-7-15(24-19)11-13(12-22)20-23-17-3-1-2-4-18(17)26-20/h1-11H/b13-11+. The molecule has 0 unspecified atom stereocenters. The van der Waals surface area contributed by atoms with Crippen molar-refractivity contribution in [2.45, 2.75) is 9.99 Å². The fourth-order valence-corrected chi connectivity index (χ4v) is 4.33. The average Bonchev–Trinajstić information content (AvgIpc) is 3.28. The van der Waals surface area contributed by atoms with E-state index in [0.717, 1.165) is 24.7 Å². The highest BCUT2D eigenvalue weighted by atomic mass is 79.9. The molecule has 0 aliphatic heterocycles.